The maximum atomic E-state index is 11.2. The lowest BCUT2D eigenvalue weighted by molar-refractivity contribution is -0.137. The van der Waals surface area contributed by atoms with Gasteiger partial charge in [-0.25, -0.2) is 4.98 Å². The van der Waals surface area contributed by atoms with Crippen LogP contribution in [0.2, 0.25) is 0 Å². The number of aliphatic carboxylic acids is 1. The van der Waals surface area contributed by atoms with Crippen LogP contribution in [0.15, 0.2) is 29.8 Å². The number of anilines is 2. The Kier molecular flexibility index (Phi) is 8.14. The van der Waals surface area contributed by atoms with Crippen LogP contribution in [0.5, 0.6) is 0 Å². The van der Waals surface area contributed by atoms with Crippen LogP contribution in [-0.2, 0) is 11.3 Å². The van der Waals surface area contributed by atoms with Crippen LogP contribution in [0.3, 0.4) is 0 Å². The molecule has 1 aromatic carbocycles. The van der Waals surface area contributed by atoms with Gasteiger partial charge >= 0.3 is 5.97 Å². The van der Waals surface area contributed by atoms with Gasteiger partial charge in [-0.05, 0) is 42.4 Å². The molecule has 0 radical (unpaired) electrons. The molecule has 0 bridgehead atoms. The predicted molar refractivity (Wildman–Crippen MR) is 126 cm³/mol. The van der Waals surface area contributed by atoms with Crippen LogP contribution in [0.4, 0.5) is 11.4 Å². The third-order valence-electron chi connectivity index (χ3n) is 5.87. The fourth-order valence-corrected chi connectivity index (χ4v) is 4.93. The summed E-state index contributed by atoms with van der Waals surface area (Å²) in [6.07, 6.45) is 8.41. The maximum absolute atomic E-state index is 11.2. The molecule has 0 spiro atoms. The van der Waals surface area contributed by atoms with E-state index in [0.29, 0.717) is 18.5 Å². The van der Waals surface area contributed by atoms with Crippen molar-refractivity contribution in [3.8, 4) is 0 Å². The monoisotopic (exact) mass is 429 g/mol. The summed E-state index contributed by atoms with van der Waals surface area (Å²) in [6, 6.07) is 7.05. The molecule has 6 heteroatoms. The molecule has 0 saturated heterocycles. The summed E-state index contributed by atoms with van der Waals surface area (Å²) < 4.78 is 0. The minimum atomic E-state index is -0.757. The zero-order valence-corrected chi connectivity index (χ0v) is 19.3. The second-order valence-corrected chi connectivity index (χ2v) is 9.87. The summed E-state index contributed by atoms with van der Waals surface area (Å²) in [4.78, 5) is 18.2. The number of benzene rings is 1. The van der Waals surface area contributed by atoms with E-state index in [0.717, 1.165) is 22.8 Å². The van der Waals surface area contributed by atoms with Crippen molar-refractivity contribution in [2.75, 3.05) is 16.8 Å². The molecule has 1 saturated carbocycles. The van der Waals surface area contributed by atoms with Crippen molar-refractivity contribution in [3.05, 3.63) is 40.3 Å². The average Bonchev–Trinajstić information content (AvgIpc) is 3.24. The molecule has 1 fully saturated rings. The molecule has 1 aliphatic carbocycles. The van der Waals surface area contributed by atoms with Gasteiger partial charge in [0.2, 0.25) is 0 Å². The number of thiazole rings is 1. The molecule has 1 atom stereocenters. The Bertz CT molecular complexity index is 801. The first-order valence-electron chi connectivity index (χ1n) is 11.2. The van der Waals surface area contributed by atoms with E-state index in [1.54, 1.807) is 11.3 Å². The Morgan fingerprint density at radius 2 is 2.03 bits per heavy atom. The summed E-state index contributed by atoms with van der Waals surface area (Å²) in [6.45, 7) is 8.26. The number of nitrogens with one attached hydrogen (secondary N) is 1. The molecule has 2 aromatic rings. The topological polar surface area (TPSA) is 65.5 Å². The summed E-state index contributed by atoms with van der Waals surface area (Å²) in [5, 5.41) is 15.9. The molecule has 30 heavy (non-hydrogen) atoms. The van der Waals surface area contributed by atoms with Crippen molar-refractivity contribution in [2.45, 2.75) is 77.8 Å². The van der Waals surface area contributed by atoms with E-state index < -0.39 is 5.97 Å². The van der Waals surface area contributed by atoms with E-state index in [-0.39, 0.29) is 12.3 Å². The molecule has 1 heterocycles. The highest BCUT2D eigenvalue weighted by molar-refractivity contribution is 7.09. The fourth-order valence-electron chi connectivity index (χ4n) is 4.37. The second kappa shape index (κ2) is 10.8. The van der Waals surface area contributed by atoms with Crippen molar-refractivity contribution in [3.63, 3.8) is 0 Å². The normalized spacial score (nSPS) is 15.9. The van der Waals surface area contributed by atoms with Crippen LogP contribution in [-0.4, -0.2) is 28.6 Å². The summed E-state index contributed by atoms with van der Waals surface area (Å²) in [7, 11) is 0. The Labute approximate surface area is 184 Å². The first kappa shape index (κ1) is 22.6. The van der Waals surface area contributed by atoms with Crippen molar-refractivity contribution >= 4 is 28.7 Å². The third kappa shape index (κ3) is 6.21. The van der Waals surface area contributed by atoms with Crippen molar-refractivity contribution in [1.29, 1.82) is 0 Å². The first-order valence-corrected chi connectivity index (χ1v) is 12.1. The van der Waals surface area contributed by atoms with Crippen molar-refractivity contribution < 1.29 is 9.90 Å². The number of carboxylic acids is 1. The lowest BCUT2D eigenvalue weighted by Crippen LogP contribution is -2.39. The molecule has 1 aromatic heterocycles. The van der Waals surface area contributed by atoms with E-state index in [9.17, 15) is 9.90 Å². The quantitative estimate of drug-likeness (QED) is 0.476. The number of aromatic nitrogens is 1. The Morgan fingerprint density at radius 1 is 1.27 bits per heavy atom. The zero-order valence-electron chi connectivity index (χ0n) is 18.4. The molecule has 0 amide bonds. The molecule has 0 aliphatic heterocycles. The number of hydrogen-bond donors (Lipinski definition) is 2. The molecule has 1 unspecified atom stereocenters. The number of rotatable bonds is 10. The molecule has 5 nitrogen and oxygen atoms in total. The van der Waals surface area contributed by atoms with Crippen molar-refractivity contribution in [2.24, 2.45) is 5.92 Å². The smallest absolute Gasteiger partial charge is 0.303 e. The van der Waals surface area contributed by atoms with Gasteiger partial charge in [0.05, 0.1) is 24.3 Å². The number of nitrogens with zero attached hydrogens (tertiary/aromatic N) is 2. The second-order valence-electron chi connectivity index (χ2n) is 8.89. The van der Waals surface area contributed by atoms with Crippen LogP contribution in [0, 0.1) is 5.92 Å². The van der Waals surface area contributed by atoms with Gasteiger partial charge in [-0.1, -0.05) is 46.1 Å². The van der Waals surface area contributed by atoms with Crippen LogP contribution in [0.1, 0.15) is 75.8 Å². The Hall–Kier alpha value is -2.08. The van der Waals surface area contributed by atoms with Gasteiger partial charge in [0.25, 0.3) is 0 Å². The van der Waals surface area contributed by atoms with E-state index in [1.807, 2.05) is 18.5 Å². The standard InChI is InChI=1S/C24H35N3O2S/c1-17(2)16-27(20-7-5-4-6-8-20)22-10-9-19(18(3)13-24(28)29)14-21(22)26-15-23-25-11-12-30-23/h9-12,14,17-18,20,26H,4-8,13,15-16H2,1-3H3,(H,28,29). The largest absolute Gasteiger partial charge is 0.481 e. The maximum Gasteiger partial charge on any atom is 0.303 e. The molecular weight excluding hydrogens is 394 g/mol. The highest BCUT2D eigenvalue weighted by Gasteiger charge is 2.25. The number of carboxylic acid groups (broad SMARTS) is 1. The van der Waals surface area contributed by atoms with E-state index in [2.05, 4.69) is 47.2 Å². The van der Waals surface area contributed by atoms with Crippen LogP contribution < -0.4 is 10.2 Å². The van der Waals surface area contributed by atoms with E-state index in [1.165, 1.54) is 37.8 Å². The van der Waals surface area contributed by atoms with Gasteiger partial charge in [-0.3, -0.25) is 4.79 Å². The molecular formula is C24H35N3O2S. The first-order chi connectivity index (χ1) is 14.4. The van der Waals surface area contributed by atoms with Crippen LogP contribution in [0.25, 0.3) is 0 Å². The molecule has 2 N–H and O–H groups in total. The zero-order chi connectivity index (χ0) is 21.5. The fraction of sp³-hybridized carbons (Fsp3) is 0.583. The van der Waals surface area contributed by atoms with Gasteiger partial charge < -0.3 is 15.3 Å². The Morgan fingerprint density at radius 3 is 2.67 bits per heavy atom. The van der Waals surface area contributed by atoms with Gasteiger partial charge in [0, 0.05) is 24.2 Å². The number of carbonyl (C=O) groups is 1. The highest BCUT2D eigenvalue weighted by atomic mass is 32.1. The van der Waals surface area contributed by atoms with Gasteiger partial charge in [-0.15, -0.1) is 11.3 Å². The lowest BCUT2D eigenvalue weighted by Gasteiger charge is -2.38. The SMILES string of the molecule is CC(C)CN(c1ccc(C(C)CC(=O)O)cc1NCc1nccs1)C1CCCCC1. The minimum absolute atomic E-state index is 0.0230. The van der Waals surface area contributed by atoms with E-state index >= 15 is 0 Å². The predicted octanol–water partition coefficient (Wildman–Crippen LogP) is 6.13. The highest BCUT2D eigenvalue weighted by Crippen LogP contribution is 2.36. The molecule has 164 valence electrons. The molecule has 3 rings (SSSR count). The molecule has 1 aliphatic rings. The third-order valence-corrected chi connectivity index (χ3v) is 6.65. The van der Waals surface area contributed by atoms with Gasteiger partial charge in [0.1, 0.15) is 5.01 Å². The summed E-state index contributed by atoms with van der Waals surface area (Å²) in [5.41, 5.74) is 3.39. The Balaban J connectivity index is 1.92. The summed E-state index contributed by atoms with van der Waals surface area (Å²) >= 11 is 1.65. The average molecular weight is 430 g/mol. The van der Waals surface area contributed by atoms with Crippen LogP contribution >= 0.6 is 11.3 Å². The van der Waals surface area contributed by atoms with Gasteiger partial charge in [0.15, 0.2) is 0 Å². The van der Waals surface area contributed by atoms with E-state index in [4.69, 9.17) is 0 Å². The summed E-state index contributed by atoms with van der Waals surface area (Å²) in [5.74, 6) is -0.206. The minimum Gasteiger partial charge on any atom is -0.481 e. The lowest BCUT2D eigenvalue weighted by atomic mass is 9.92. The number of hydrogen-bond acceptors (Lipinski definition) is 5. The van der Waals surface area contributed by atoms with Gasteiger partial charge in [-0.2, -0.15) is 0 Å². The van der Waals surface area contributed by atoms with Crippen molar-refractivity contribution in [1.82, 2.24) is 4.98 Å².